The number of primary amides is 1. The highest BCUT2D eigenvalue weighted by Gasteiger charge is 2.04. The van der Waals surface area contributed by atoms with Crippen molar-refractivity contribution in [3.63, 3.8) is 0 Å². The second-order valence-corrected chi connectivity index (χ2v) is 6.81. The van der Waals surface area contributed by atoms with Gasteiger partial charge in [-0.05, 0) is 45.8 Å². The van der Waals surface area contributed by atoms with Crippen LogP contribution in [0.1, 0.15) is 15.9 Å². The standard InChI is InChI=1S/C8H8O3S.C7H5BrClNO/c9-12(10,11)7-6-8-4-2-1-3-5-8;8-6-3-4(9)1-2-5(6)7(10)11/h1-7H,(H,9,10,11);1-3H,(H2,10,11)/b7-6+;. The van der Waals surface area contributed by atoms with E-state index >= 15 is 0 Å². The fraction of sp³-hybridized carbons (Fsp3) is 0. The highest BCUT2D eigenvalue weighted by molar-refractivity contribution is 9.10. The lowest BCUT2D eigenvalue weighted by Crippen LogP contribution is -2.11. The van der Waals surface area contributed by atoms with Crippen LogP contribution in [0.3, 0.4) is 0 Å². The summed E-state index contributed by atoms with van der Waals surface area (Å²) in [5.74, 6) is -0.464. The molecule has 0 aliphatic rings. The lowest BCUT2D eigenvalue weighted by Gasteiger charge is -1.98. The number of hydrogen-bond acceptors (Lipinski definition) is 3. The third kappa shape index (κ3) is 7.94. The molecule has 0 saturated carbocycles. The molecule has 0 heterocycles. The van der Waals surface area contributed by atoms with Gasteiger partial charge in [-0.3, -0.25) is 9.35 Å². The first kappa shape index (κ1) is 19.4. The van der Waals surface area contributed by atoms with Crippen LogP contribution in [0.5, 0.6) is 0 Å². The lowest BCUT2D eigenvalue weighted by atomic mass is 10.2. The van der Waals surface area contributed by atoms with Crippen molar-refractivity contribution in [1.29, 1.82) is 0 Å². The normalized spacial score (nSPS) is 10.9. The van der Waals surface area contributed by atoms with Crippen LogP contribution < -0.4 is 5.73 Å². The van der Waals surface area contributed by atoms with Crippen molar-refractivity contribution in [2.75, 3.05) is 0 Å². The molecule has 0 atom stereocenters. The average molecular weight is 419 g/mol. The molecule has 2 rings (SSSR count). The van der Waals surface area contributed by atoms with Gasteiger partial charge >= 0.3 is 0 Å². The third-order valence-corrected chi connectivity index (χ3v) is 3.80. The summed E-state index contributed by atoms with van der Waals surface area (Å²) in [4.78, 5) is 10.7. The summed E-state index contributed by atoms with van der Waals surface area (Å²) in [6.45, 7) is 0. The molecule has 2 aromatic rings. The Morgan fingerprint density at radius 1 is 1.17 bits per heavy atom. The van der Waals surface area contributed by atoms with Crippen molar-refractivity contribution in [3.05, 3.63) is 74.6 Å². The Morgan fingerprint density at radius 3 is 2.26 bits per heavy atom. The molecule has 0 aromatic heterocycles. The van der Waals surface area contributed by atoms with Crippen molar-refractivity contribution < 1.29 is 17.8 Å². The molecule has 0 saturated heterocycles. The molecular weight excluding hydrogens is 406 g/mol. The molecule has 5 nitrogen and oxygen atoms in total. The molecule has 23 heavy (non-hydrogen) atoms. The summed E-state index contributed by atoms with van der Waals surface area (Å²) in [7, 11) is -4.00. The van der Waals surface area contributed by atoms with Crippen LogP contribution in [0, 0.1) is 0 Å². The highest BCUT2D eigenvalue weighted by Crippen LogP contribution is 2.20. The molecule has 0 fully saturated rings. The van der Waals surface area contributed by atoms with Gasteiger partial charge in [0.25, 0.3) is 10.1 Å². The van der Waals surface area contributed by atoms with Gasteiger partial charge in [-0.15, -0.1) is 0 Å². The van der Waals surface area contributed by atoms with Gasteiger partial charge in [0, 0.05) is 9.50 Å². The van der Waals surface area contributed by atoms with E-state index in [9.17, 15) is 13.2 Å². The summed E-state index contributed by atoms with van der Waals surface area (Å²) >= 11 is 8.80. The minimum absolute atomic E-state index is 0.439. The number of nitrogens with two attached hydrogens (primary N) is 1. The third-order valence-electron chi connectivity index (χ3n) is 2.43. The minimum Gasteiger partial charge on any atom is -0.366 e. The molecular formula is C15H13BrClNO4S. The van der Waals surface area contributed by atoms with Crippen LogP contribution in [-0.2, 0) is 10.1 Å². The zero-order valence-corrected chi connectivity index (χ0v) is 14.8. The summed E-state index contributed by atoms with van der Waals surface area (Å²) in [5.41, 5.74) is 6.22. The Balaban J connectivity index is 0.000000231. The number of amides is 1. The number of carbonyl (C=O) groups excluding carboxylic acids is 1. The largest absolute Gasteiger partial charge is 0.366 e. The van der Waals surface area contributed by atoms with E-state index in [1.54, 1.807) is 42.5 Å². The maximum Gasteiger partial charge on any atom is 0.287 e. The first-order chi connectivity index (χ1) is 10.7. The Labute approximate surface area is 147 Å². The Bertz CT molecular complexity index is 807. The molecule has 0 bridgehead atoms. The number of rotatable bonds is 3. The van der Waals surface area contributed by atoms with Crippen LogP contribution in [0.2, 0.25) is 5.02 Å². The van der Waals surface area contributed by atoms with E-state index in [4.69, 9.17) is 21.9 Å². The second-order valence-electron chi connectivity index (χ2n) is 4.22. The number of hydrogen-bond donors (Lipinski definition) is 2. The van der Waals surface area contributed by atoms with Gasteiger partial charge in [-0.2, -0.15) is 8.42 Å². The van der Waals surface area contributed by atoms with Crippen molar-refractivity contribution in [3.8, 4) is 0 Å². The predicted molar refractivity (Wildman–Crippen MR) is 94.7 cm³/mol. The van der Waals surface area contributed by atoms with E-state index in [0.29, 0.717) is 15.1 Å². The van der Waals surface area contributed by atoms with Crippen molar-refractivity contribution in [2.45, 2.75) is 0 Å². The quantitative estimate of drug-likeness (QED) is 0.742. The van der Waals surface area contributed by atoms with Gasteiger partial charge in [-0.25, -0.2) is 0 Å². The first-order valence-electron chi connectivity index (χ1n) is 6.14. The van der Waals surface area contributed by atoms with E-state index in [0.717, 1.165) is 11.0 Å². The molecule has 0 spiro atoms. The van der Waals surface area contributed by atoms with Crippen molar-refractivity contribution in [1.82, 2.24) is 0 Å². The lowest BCUT2D eigenvalue weighted by molar-refractivity contribution is 0.0999. The number of carbonyl (C=O) groups is 1. The van der Waals surface area contributed by atoms with Crippen LogP contribution in [-0.4, -0.2) is 18.9 Å². The Hall–Kier alpha value is -1.67. The van der Waals surface area contributed by atoms with Crippen LogP contribution >= 0.6 is 27.5 Å². The summed E-state index contributed by atoms with van der Waals surface area (Å²) in [6, 6.07) is 13.7. The molecule has 1 amide bonds. The maximum atomic E-state index is 10.7. The van der Waals surface area contributed by atoms with Crippen LogP contribution in [0.4, 0.5) is 0 Å². The van der Waals surface area contributed by atoms with Gasteiger partial charge in [0.05, 0.1) is 11.0 Å². The monoisotopic (exact) mass is 417 g/mol. The second kappa shape index (κ2) is 8.83. The molecule has 122 valence electrons. The summed E-state index contributed by atoms with van der Waals surface area (Å²) < 4.78 is 29.5. The first-order valence-corrected chi connectivity index (χ1v) is 8.82. The van der Waals surface area contributed by atoms with Crippen molar-refractivity contribution in [2.24, 2.45) is 5.73 Å². The number of benzene rings is 2. The minimum atomic E-state index is -4.00. The molecule has 0 aliphatic carbocycles. The zero-order chi connectivity index (χ0) is 17.5. The molecule has 3 N–H and O–H groups in total. The van der Waals surface area contributed by atoms with Crippen LogP contribution in [0.25, 0.3) is 6.08 Å². The van der Waals surface area contributed by atoms with Gasteiger partial charge in [0.15, 0.2) is 0 Å². The van der Waals surface area contributed by atoms with E-state index in [1.165, 1.54) is 6.08 Å². The Kier molecular flexibility index (Phi) is 7.44. The van der Waals surface area contributed by atoms with Gasteiger partial charge in [0.1, 0.15) is 0 Å². The van der Waals surface area contributed by atoms with E-state index in [-0.39, 0.29) is 0 Å². The topological polar surface area (TPSA) is 97.5 Å². The average Bonchev–Trinajstić information content (AvgIpc) is 2.46. The van der Waals surface area contributed by atoms with E-state index in [1.807, 2.05) is 6.07 Å². The van der Waals surface area contributed by atoms with Gasteiger partial charge < -0.3 is 5.73 Å². The SMILES string of the molecule is NC(=O)c1ccc(Cl)cc1Br.O=S(=O)(O)/C=C/c1ccccc1. The van der Waals surface area contributed by atoms with Crippen molar-refractivity contribution >= 4 is 49.6 Å². The molecule has 0 aliphatic heterocycles. The smallest absolute Gasteiger partial charge is 0.287 e. The molecule has 8 heteroatoms. The van der Waals surface area contributed by atoms with Gasteiger partial charge in [-0.1, -0.05) is 41.9 Å². The maximum absolute atomic E-state index is 10.7. The fourth-order valence-electron chi connectivity index (χ4n) is 1.42. The molecule has 0 unspecified atom stereocenters. The number of halogens is 2. The summed E-state index contributed by atoms with van der Waals surface area (Å²) in [6.07, 6.45) is 1.33. The van der Waals surface area contributed by atoms with E-state index in [2.05, 4.69) is 15.9 Å². The fourth-order valence-corrected chi connectivity index (χ4v) is 2.63. The zero-order valence-electron chi connectivity index (χ0n) is 11.7. The molecule has 2 aromatic carbocycles. The predicted octanol–water partition coefficient (Wildman–Crippen LogP) is 3.75. The Morgan fingerprint density at radius 2 is 1.78 bits per heavy atom. The van der Waals surface area contributed by atoms with Gasteiger partial charge in [0.2, 0.25) is 5.91 Å². The van der Waals surface area contributed by atoms with Crippen LogP contribution in [0.15, 0.2) is 58.4 Å². The summed E-state index contributed by atoms with van der Waals surface area (Å²) in [5, 5.41) is 1.32. The highest BCUT2D eigenvalue weighted by atomic mass is 79.9. The molecule has 0 radical (unpaired) electrons. The van der Waals surface area contributed by atoms with E-state index < -0.39 is 16.0 Å².